The molecule has 0 aromatic heterocycles. The van der Waals surface area contributed by atoms with Gasteiger partial charge in [0.25, 0.3) is 0 Å². The quantitative estimate of drug-likeness (QED) is 0.245. The molecule has 3 atom stereocenters. The lowest BCUT2D eigenvalue weighted by molar-refractivity contribution is -0.189. The first-order valence-electron chi connectivity index (χ1n) is 11.3. The van der Waals surface area contributed by atoms with E-state index in [2.05, 4.69) is 0 Å². The Morgan fingerprint density at radius 2 is 1.18 bits per heavy atom. The molecule has 0 radical (unpaired) electrons. The van der Waals surface area contributed by atoms with Gasteiger partial charge in [-0.1, -0.05) is 97.9 Å². The third kappa shape index (κ3) is 8.23. The first-order valence-corrected chi connectivity index (χ1v) is 11.3. The van der Waals surface area contributed by atoms with Crippen LogP contribution in [0.4, 0.5) is 0 Å². The van der Waals surface area contributed by atoms with Crippen LogP contribution in [-0.2, 0) is 43.7 Å². The number of nitrogens with zero attached hydrogens (tertiary/aromatic N) is 1. The third-order valence-corrected chi connectivity index (χ3v) is 5.41. The summed E-state index contributed by atoms with van der Waals surface area (Å²) in [6.07, 6.45) is 0.0327. The van der Waals surface area contributed by atoms with E-state index in [-0.39, 0.29) is 25.7 Å². The fourth-order valence-corrected chi connectivity index (χ4v) is 3.57. The van der Waals surface area contributed by atoms with E-state index in [9.17, 15) is 9.59 Å². The zero-order valence-corrected chi connectivity index (χ0v) is 19.4. The van der Waals surface area contributed by atoms with Gasteiger partial charge in [0.2, 0.25) is 6.41 Å². The average molecular weight is 462 g/mol. The Morgan fingerprint density at radius 3 is 1.65 bits per heavy atom. The Balaban J connectivity index is 1.66. The molecule has 34 heavy (non-hydrogen) atoms. The number of carbonyl (C=O) groups is 2. The lowest BCUT2D eigenvalue weighted by Crippen LogP contribution is -2.42. The fraction of sp³-hybridized carbons (Fsp3) is 0.286. The van der Waals surface area contributed by atoms with Crippen molar-refractivity contribution in [1.29, 1.82) is 0 Å². The first-order chi connectivity index (χ1) is 16.7. The van der Waals surface area contributed by atoms with Crippen molar-refractivity contribution < 1.29 is 23.9 Å². The van der Waals surface area contributed by atoms with Crippen LogP contribution in [0.5, 0.6) is 0 Å². The zero-order valence-electron chi connectivity index (χ0n) is 19.4. The first kappa shape index (κ1) is 25.3. The minimum absolute atomic E-state index is 0.240. The number of rotatable bonds is 15. The maximum absolute atomic E-state index is 12.0. The van der Waals surface area contributed by atoms with Gasteiger partial charge in [0.15, 0.2) is 6.29 Å². The van der Waals surface area contributed by atoms with Crippen molar-refractivity contribution in [2.24, 2.45) is 5.92 Å². The van der Waals surface area contributed by atoms with Crippen LogP contribution in [0, 0.1) is 5.92 Å². The molecule has 0 saturated heterocycles. The Labute approximate surface area is 201 Å². The van der Waals surface area contributed by atoms with Crippen LogP contribution in [-0.4, -0.2) is 36.5 Å². The van der Waals surface area contributed by atoms with Crippen LogP contribution in [0.1, 0.15) is 23.6 Å². The van der Waals surface area contributed by atoms with Crippen molar-refractivity contribution in [2.75, 3.05) is 6.54 Å². The van der Waals surface area contributed by atoms with E-state index in [0.717, 1.165) is 23.0 Å². The lowest BCUT2D eigenvalue weighted by atomic mass is 9.99. The summed E-state index contributed by atoms with van der Waals surface area (Å²) in [7, 11) is 0. The normalized spacial score (nSPS) is 13.6. The van der Waals surface area contributed by atoms with E-state index >= 15 is 0 Å². The predicted molar refractivity (Wildman–Crippen MR) is 129 cm³/mol. The predicted octanol–water partition coefficient (Wildman–Crippen LogP) is 4.58. The molecule has 0 aliphatic heterocycles. The summed E-state index contributed by atoms with van der Waals surface area (Å²) < 4.78 is 12.1. The lowest BCUT2D eigenvalue weighted by Gasteiger charge is -2.31. The van der Waals surface area contributed by atoms with E-state index < -0.39 is 12.2 Å². The number of benzene rings is 3. The van der Waals surface area contributed by atoms with Crippen LogP contribution in [0.2, 0.25) is 0 Å². The number of hydrogen-bond donors (Lipinski definition) is 0. The van der Waals surface area contributed by atoms with E-state index in [0.29, 0.717) is 13.0 Å². The van der Waals surface area contributed by atoms with E-state index in [1.165, 1.54) is 5.06 Å². The van der Waals surface area contributed by atoms with Gasteiger partial charge in [-0.3, -0.25) is 9.63 Å². The molecule has 6 heteroatoms. The molecule has 0 spiro atoms. The highest BCUT2D eigenvalue weighted by atomic mass is 16.7. The second-order valence-corrected chi connectivity index (χ2v) is 8.10. The number of ether oxygens (including phenoxy) is 2. The number of aldehydes is 1. The molecule has 0 aliphatic carbocycles. The van der Waals surface area contributed by atoms with E-state index in [4.69, 9.17) is 14.3 Å². The maximum atomic E-state index is 12.0. The highest BCUT2D eigenvalue weighted by Crippen LogP contribution is 2.19. The van der Waals surface area contributed by atoms with Gasteiger partial charge in [-0.2, -0.15) is 0 Å². The van der Waals surface area contributed by atoms with Crippen molar-refractivity contribution in [3.05, 3.63) is 108 Å². The molecule has 0 aliphatic rings. The average Bonchev–Trinajstić information content (AvgIpc) is 2.90. The molecule has 3 aromatic rings. The van der Waals surface area contributed by atoms with E-state index in [1.54, 1.807) is 0 Å². The third-order valence-electron chi connectivity index (χ3n) is 5.41. The molecule has 3 aromatic carbocycles. The van der Waals surface area contributed by atoms with Gasteiger partial charge < -0.3 is 14.3 Å². The van der Waals surface area contributed by atoms with Gasteiger partial charge in [0.05, 0.1) is 25.9 Å². The second-order valence-electron chi connectivity index (χ2n) is 8.10. The summed E-state index contributed by atoms with van der Waals surface area (Å²) in [5.74, 6) is -0.240. The standard InChI is InChI=1S/C28H31NO5/c1-23(17-29(22-31)34-21-26-15-9-4-10-16-26)28(33-20-25-13-7-3-8-14-25)27(18-30)32-19-24-11-5-2-6-12-24/h2-16,18,22-23,27-28H,17,19-21H2,1H3. The Hall–Kier alpha value is -3.32. The second kappa shape index (κ2) is 14.1. The fourth-order valence-electron chi connectivity index (χ4n) is 3.57. The van der Waals surface area contributed by atoms with Crippen LogP contribution in [0.15, 0.2) is 91.0 Å². The van der Waals surface area contributed by atoms with Gasteiger partial charge in [-0.05, 0) is 16.7 Å². The van der Waals surface area contributed by atoms with E-state index in [1.807, 2.05) is 97.9 Å². The number of carbonyl (C=O) groups excluding carboxylic acids is 2. The van der Waals surface area contributed by atoms with Gasteiger partial charge in [0.1, 0.15) is 12.7 Å². The minimum Gasteiger partial charge on any atom is -0.370 e. The van der Waals surface area contributed by atoms with Crippen LogP contribution < -0.4 is 0 Å². The summed E-state index contributed by atoms with van der Waals surface area (Å²) in [5, 5.41) is 1.25. The summed E-state index contributed by atoms with van der Waals surface area (Å²) in [5.41, 5.74) is 2.90. The largest absolute Gasteiger partial charge is 0.370 e. The smallest absolute Gasteiger partial charge is 0.233 e. The van der Waals surface area contributed by atoms with Crippen molar-refractivity contribution in [1.82, 2.24) is 5.06 Å². The van der Waals surface area contributed by atoms with Gasteiger partial charge in [0, 0.05) is 5.92 Å². The summed E-state index contributed by atoms with van der Waals surface area (Å²) >= 11 is 0. The molecule has 1 amide bonds. The Morgan fingerprint density at radius 1 is 0.706 bits per heavy atom. The topological polar surface area (TPSA) is 65.1 Å². The van der Waals surface area contributed by atoms with Crippen LogP contribution in [0.25, 0.3) is 0 Å². The molecule has 3 rings (SSSR count). The molecule has 6 nitrogen and oxygen atoms in total. The van der Waals surface area contributed by atoms with Crippen molar-refractivity contribution in [2.45, 2.75) is 39.0 Å². The molecule has 0 saturated carbocycles. The van der Waals surface area contributed by atoms with Crippen molar-refractivity contribution >= 4 is 12.7 Å². The van der Waals surface area contributed by atoms with Gasteiger partial charge >= 0.3 is 0 Å². The Kier molecular flexibility index (Phi) is 10.5. The summed E-state index contributed by atoms with van der Waals surface area (Å²) in [4.78, 5) is 29.4. The molecular formula is C28H31NO5. The number of amides is 1. The van der Waals surface area contributed by atoms with Crippen molar-refractivity contribution in [3.63, 3.8) is 0 Å². The highest BCUT2D eigenvalue weighted by Gasteiger charge is 2.30. The molecule has 0 fully saturated rings. The maximum Gasteiger partial charge on any atom is 0.233 e. The molecule has 0 N–H and O–H groups in total. The van der Waals surface area contributed by atoms with Gasteiger partial charge in [-0.15, -0.1) is 0 Å². The highest BCUT2D eigenvalue weighted by molar-refractivity contribution is 5.57. The molecule has 178 valence electrons. The number of hydroxylamine groups is 2. The number of hydrogen-bond acceptors (Lipinski definition) is 5. The zero-order chi connectivity index (χ0) is 24.0. The Bertz CT molecular complexity index is 968. The summed E-state index contributed by atoms with van der Waals surface area (Å²) in [6, 6.07) is 29.0. The summed E-state index contributed by atoms with van der Waals surface area (Å²) in [6.45, 7) is 3.03. The van der Waals surface area contributed by atoms with Crippen molar-refractivity contribution in [3.8, 4) is 0 Å². The minimum atomic E-state index is -0.804. The molecule has 0 bridgehead atoms. The molecular weight excluding hydrogens is 430 g/mol. The molecule has 0 heterocycles. The monoisotopic (exact) mass is 461 g/mol. The van der Waals surface area contributed by atoms with Crippen LogP contribution >= 0.6 is 0 Å². The van der Waals surface area contributed by atoms with Gasteiger partial charge in [-0.25, -0.2) is 5.06 Å². The van der Waals surface area contributed by atoms with Crippen LogP contribution in [0.3, 0.4) is 0 Å². The SMILES string of the molecule is CC(CN(C=O)OCc1ccccc1)C(OCc1ccccc1)C(C=O)OCc1ccccc1. The molecule has 3 unspecified atom stereocenters.